The average molecular weight is 202 g/mol. The highest BCUT2D eigenvalue weighted by molar-refractivity contribution is 5.72. The Hall–Kier alpha value is -0.570. The molecule has 0 aliphatic rings. The Kier molecular flexibility index (Phi) is 8.64. The van der Waals surface area contributed by atoms with Crippen molar-refractivity contribution in [3.8, 4) is 0 Å². The molecule has 0 saturated carbocycles. The van der Waals surface area contributed by atoms with Crippen molar-refractivity contribution < 1.29 is 14.6 Å². The Morgan fingerprint density at radius 3 is 2.50 bits per heavy atom. The van der Waals surface area contributed by atoms with Crippen LogP contribution in [0.3, 0.4) is 0 Å². The summed E-state index contributed by atoms with van der Waals surface area (Å²) in [5.41, 5.74) is 0. The quantitative estimate of drug-likeness (QED) is 0.484. The summed E-state index contributed by atoms with van der Waals surface area (Å²) in [7, 11) is 0. The summed E-state index contributed by atoms with van der Waals surface area (Å²) in [6, 6.07) is 0. The van der Waals surface area contributed by atoms with Gasteiger partial charge in [-0.15, -0.1) is 0 Å². The van der Waals surface area contributed by atoms with Gasteiger partial charge in [-0.25, -0.2) is 0 Å². The summed E-state index contributed by atoms with van der Waals surface area (Å²) < 4.78 is 4.85. The first-order chi connectivity index (χ1) is 6.76. The lowest BCUT2D eigenvalue weighted by atomic mass is 10.0. The lowest BCUT2D eigenvalue weighted by molar-refractivity contribution is -0.149. The minimum atomic E-state index is -0.313. The molecule has 1 unspecified atom stereocenters. The zero-order valence-electron chi connectivity index (χ0n) is 9.29. The van der Waals surface area contributed by atoms with Crippen LogP contribution in [-0.2, 0) is 9.53 Å². The van der Waals surface area contributed by atoms with E-state index in [1.54, 1.807) is 6.92 Å². The summed E-state index contributed by atoms with van der Waals surface area (Å²) in [4.78, 5) is 11.3. The summed E-state index contributed by atoms with van der Waals surface area (Å²) in [5.74, 6) is -0.571. The molecule has 0 rings (SSSR count). The van der Waals surface area contributed by atoms with Crippen LogP contribution < -0.4 is 0 Å². The van der Waals surface area contributed by atoms with Crippen molar-refractivity contribution in [2.24, 2.45) is 5.92 Å². The van der Waals surface area contributed by atoms with Crippen molar-refractivity contribution in [2.75, 3.05) is 13.2 Å². The molecule has 0 fully saturated rings. The van der Waals surface area contributed by atoms with E-state index in [2.05, 4.69) is 6.92 Å². The van der Waals surface area contributed by atoms with Crippen molar-refractivity contribution >= 4 is 5.97 Å². The molecule has 0 aliphatic carbocycles. The van der Waals surface area contributed by atoms with Gasteiger partial charge in [-0.05, 0) is 13.3 Å². The van der Waals surface area contributed by atoms with E-state index in [1.807, 2.05) is 0 Å². The van der Waals surface area contributed by atoms with Crippen molar-refractivity contribution in [1.82, 2.24) is 0 Å². The number of carbonyl (C=O) groups excluding carboxylic acids is 1. The molecule has 0 heterocycles. The van der Waals surface area contributed by atoms with Gasteiger partial charge in [0.2, 0.25) is 0 Å². The third-order valence-electron chi connectivity index (χ3n) is 2.25. The molecule has 84 valence electrons. The number of ether oxygens (including phenoxy) is 1. The zero-order valence-corrected chi connectivity index (χ0v) is 9.29. The molecule has 0 spiro atoms. The number of aliphatic hydroxyl groups excluding tert-OH is 1. The van der Waals surface area contributed by atoms with Crippen molar-refractivity contribution in [3.63, 3.8) is 0 Å². The molecule has 3 nitrogen and oxygen atoms in total. The Balaban J connectivity index is 3.62. The molecule has 0 bridgehead atoms. The molecule has 0 radical (unpaired) electrons. The normalized spacial score (nSPS) is 12.5. The van der Waals surface area contributed by atoms with Crippen LogP contribution in [0.5, 0.6) is 0 Å². The molecule has 3 heteroatoms. The van der Waals surface area contributed by atoms with Crippen LogP contribution in [0.15, 0.2) is 0 Å². The second kappa shape index (κ2) is 9.00. The average Bonchev–Trinajstić information content (AvgIpc) is 2.18. The molecule has 1 N–H and O–H groups in total. The zero-order chi connectivity index (χ0) is 10.8. The van der Waals surface area contributed by atoms with Crippen LogP contribution in [0.4, 0.5) is 0 Å². The van der Waals surface area contributed by atoms with Gasteiger partial charge in [0, 0.05) is 0 Å². The van der Waals surface area contributed by atoms with Crippen LogP contribution in [-0.4, -0.2) is 24.3 Å². The number of unbranched alkanes of at least 4 members (excludes halogenated alkanes) is 3. The van der Waals surface area contributed by atoms with Crippen molar-refractivity contribution in [3.05, 3.63) is 0 Å². The number of esters is 1. The lowest BCUT2D eigenvalue weighted by Crippen LogP contribution is -2.21. The maximum Gasteiger partial charge on any atom is 0.311 e. The standard InChI is InChI=1S/C11H22O3/c1-3-5-6-7-8-10(9-12)11(13)14-4-2/h10,12H,3-9H2,1-2H3. The van der Waals surface area contributed by atoms with E-state index in [0.717, 1.165) is 19.3 Å². The summed E-state index contributed by atoms with van der Waals surface area (Å²) >= 11 is 0. The van der Waals surface area contributed by atoms with Gasteiger partial charge in [0.05, 0.1) is 19.1 Å². The van der Waals surface area contributed by atoms with E-state index >= 15 is 0 Å². The van der Waals surface area contributed by atoms with Crippen LogP contribution >= 0.6 is 0 Å². The summed E-state index contributed by atoms with van der Waals surface area (Å²) in [6.45, 7) is 4.23. The highest BCUT2D eigenvalue weighted by atomic mass is 16.5. The first-order valence-corrected chi connectivity index (χ1v) is 5.53. The second-order valence-electron chi connectivity index (χ2n) is 3.48. The fourth-order valence-electron chi connectivity index (χ4n) is 1.36. The van der Waals surface area contributed by atoms with Gasteiger partial charge in [0.15, 0.2) is 0 Å². The molecule has 0 saturated heterocycles. The fraction of sp³-hybridized carbons (Fsp3) is 0.909. The predicted molar refractivity (Wildman–Crippen MR) is 56.0 cm³/mol. The van der Waals surface area contributed by atoms with E-state index in [0.29, 0.717) is 6.61 Å². The Labute approximate surface area is 86.5 Å². The maximum atomic E-state index is 11.3. The topological polar surface area (TPSA) is 46.5 Å². The van der Waals surface area contributed by atoms with Gasteiger partial charge in [-0.3, -0.25) is 4.79 Å². The van der Waals surface area contributed by atoms with Crippen LogP contribution in [0, 0.1) is 5.92 Å². The minimum Gasteiger partial charge on any atom is -0.466 e. The monoisotopic (exact) mass is 202 g/mol. The summed E-state index contributed by atoms with van der Waals surface area (Å²) in [6.07, 6.45) is 5.25. The molecular weight excluding hydrogens is 180 g/mol. The molecule has 1 atom stereocenters. The molecule has 0 amide bonds. The van der Waals surface area contributed by atoms with Gasteiger partial charge in [0.1, 0.15) is 0 Å². The number of carbonyl (C=O) groups is 1. The van der Waals surface area contributed by atoms with Crippen molar-refractivity contribution in [2.45, 2.75) is 46.0 Å². The number of hydrogen-bond acceptors (Lipinski definition) is 3. The first kappa shape index (κ1) is 13.4. The number of hydrogen-bond donors (Lipinski definition) is 1. The second-order valence-corrected chi connectivity index (χ2v) is 3.48. The molecule has 0 aromatic carbocycles. The van der Waals surface area contributed by atoms with Gasteiger partial charge < -0.3 is 9.84 Å². The molecular formula is C11H22O3. The largest absolute Gasteiger partial charge is 0.466 e. The van der Waals surface area contributed by atoms with Crippen molar-refractivity contribution in [1.29, 1.82) is 0 Å². The van der Waals surface area contributed by atoms with E-state index < -0.39 is 0 Å². The Morgan fingerprint density at radius 1 is 1.29 bits per heavy atom. The van der Waals surface area contributed by atoms with Gasteiger partial charge in [-0.1, -0.05) is 32.6 Å². The summed E-state index contributed by atoms with van der Waals surface area (Å²) in [5, 5.41) is 8.98. The van der Waals surface area contributed by atoms with E-state index in [-0.39, 0.29) is 18.5 Å². The Bertz CT molecular complexity index is 145. The molecule has 0 aromatic rings. The van der Waals surface area contributed by atoms with Crippen LogP contribution in [0.2, 0.25) is 0 Å². The van der Waals surface area contributed by atoms with E-state index in [9.17, 15) is 4.79 Å². The predicted octanol–water partition coefficient (Wildman–Crippen LogP) is 2.13. The lowest BCUT2D eigenvalue weighted by Gasteiger charge is -2.12. The van der Waals surface area contributed by atoms with E-state index in [4.69, 9.17) is 9.84 Å². The molecule has 0 aliphatic heterocycles. The minimum absolute atomic E-state index is 0.0923. The van der Waals surface area contributed by atoms with Gasteiger partial charge in [-0.2, -0.15) is 0 Å². The Morgan fingerprint density at radius 2 is 2.00 bits per heavy atom. The highest BCUT2D eigenvalue weighted by Gasteiger charge is 2.17. The van der Waals surface area contributed by atoms with E-state index in [1.165, 1.54) is 12.8 Å². The smallest absolute Gasteiger partial charge is 0.311 e. The fourth-order valence-corrected chi connectivity index (χ4v) is 1.36. The van der Waals surface area contributed by atoms with Crippen LogP contribution in [0.25, 0.3) is 0 Å². The highest BCUT2D eigenvalue weighted by Crippen LogP contribution is 2.12. The van der Waals surface area contributed by atoms with Crippen LogP contribution in [0.1, 0.15) is 46.0 Å². The third kappa shape index (κ3) is 5.97. The number of aliphatic hydroxyl groups is 1. The maximum absolute atomic E-state index is 11.3. The SMILES string of the molecule is CCCCCCC(CO)C(=O)OCC. The molecule has 0 aromatic heterocycles. The van der Waals surface area contributed by atoms with Gasteiger partial charge >= 0.3 is 5.97 Å². The third-order valence-corrected chi connectivity index (χ3v) is 2.25. The van der Waals surface area contributed by atoms with Gasteiger partial charge in [0.25, 0.3) is 0 Å². The number of rotatable bonds is 8. The molecule has 14 heavy (non-hydrogen) atoms. The first-order valence-electron chi connectivity index (χ1n) is 5.53.